The fourth-order valence-corrected chi connectivity index (χ4v) is 1.81. The number of carbonyl (C=O) groups excluding carboxylic acids is 1. The molecular formula is C13H15N3O2. The second kappa shape index (κ2) is 5.01. The lowest BCUT2D eigenvalue weighted by Crippen LogP contribution is -2.09. The van der Waals surface area contributed by atoms with Crippen molar-refractivity contribution in [1.82, 2.24) is 9.78 Å². The normalized spacial score (nSPS) is 10.4. The largest absolute Gasteiger partial charge is 0.464 e. The summed E-state index contributed by atoms with van der Waals surface area (Å²) in [5.41, 5.74) is 8.71. The van der Waals surface area contributed by atoms with E-state index in [0.717, 1.165) is 16.7 Å². The predicted octanol–water partition coefficient (Wildman–Crippen LogP) is 1.33. The van der Waals surface area contributed by atoms with Crippen LogP contribution in [0, 0.1) is 0 Å². The van der Waals surface area contributed by atoms with Gasteiger partial charge < -0.3 is 10.5 Å². The Hall–Kier alpha value is -2.14. The van der Waals surface area contributed by atoms with Crippen LogP contribution in [0.2, 0.25) is 0 Å². The summed E-state index contributed by atoms with van der Waals surface area (Å²) in [5.74, 6) is -0.395. The van der Waals surface area contributed by atoms with Crippen molar-refractivity contribution in [2.75, 3.05) is 7.11 Å². The van der Waals surface area contributed by atoms with E-state index < -0.39 is 5.97 Å². The third-order valence-corrected chi connectivity index (χ3v) is 2.82. The number of aryl methyl sites for hydroxylation is 1. The second-order valence-corrected chi connectivity index (χ2v) is 3.92. The lowest BCUT2D eigenvalue weighted by molar-refractivity contribution is 0.0589. The van der Waals surface area contributed by atoms with Gasteiger partial charge in [0.1, 0.15) is 0 Å². The number of hydrogen-bond donors (Lipinski definition) is 1. The molecule has 0 radical (unpaired) electrons. The summed E-state index contributed by atoms with van der Waals surface area (Å²) >= 11 is 0. The molecule has 0 amide bonds. The number of aromatic nitrogens is 2. The van der Waals surface area contributed by atoms with Crippen LogP contribution in [-0.2, 0) is 18.3 Å². The molecule has 0 saturated carbocycles. The zero-order chi connectivity index (χ0) is 13.1. The Balaban J connectivity index is 2.47. The number of ether oxygens (including phenoxy) is 1. The number of methoxy groups -OCH3 is 1. The van der Waals surface area contributed by atoms with Crippen LogP contribution in [0.3, 0.4) is 0 Å². The Kier molecular flexibility index (Phi) is 3.43. The van der Waals surface area contributed by atoms with Crippen molar-refractivity contribution >= 4 is 5.97 Å². The number of rotatable bonds is 3. The molecule has 5 nitrogen and oxygen atoms in total. The molecule has 94 valence electrons. The lowest BCUT2D eigenvalue weighted by Gasteiger charge is -2.05. The zero-order valence-electron chi connectivity index (χ0n) is 10.4. The third-order valence-electron chi connectivity index (χ3n) is 2.82. The molecule has 0 unspecified atom stereocenters. The maximum atomic E-state index is 11.7. The van der Waals surface area contributed by atoms with Crippen molar-refractivity contribution in [2.45, 2.75) is 6.54 Å². The van der Waals surface area contributed by atoms with Crippen LogP contribution in [0.1, 0.15) is 16.1 Å². The minimum absolute atomic E-state index is 0.395. The molecule has 0 fully saturated rings. The van der Waals surface area contributed by atoms with Gasteiger partial charge in [-0.15, -0.1) is 0 Å². The van der Waals surface area contributed by atoms with E-state index in [2.05, 4.69) is 5.10 Å². The van der Waals surface area contributed by atoms with Crippen LogP contribution in [0.5, 0.6) is 0 Å². The Labute approximate surface area is 105 Å². The number of hydrogen-bond acceptors (Lipinski definition) is 4. The summed E-state index contributed by atoms with van der Waals surface area (Å²) in [6.45, 7) is 0.497. The fraction of sp³-hybridized carbons (Fsp3) is 0.231. The maximum Gasteiger partial charge on any atom is 0.356 e. The van der Waals surface area contributed by atoms with E-state index in [1.807, 2.05) is 24.3 Å². The first-order valence-electron chi connectivity index (χ1n) is 5.57. The van der Waals surface area contributed by atoms with Crippen LogP contribution < -0.4 is 5.73 Å². The van der Waals surface area contributed by atoms with E-state index in [1.54, 1.807) is 13.2 Å². The summed E-state index contributed by atoms with van der Waals surface area (Å²) in [4.78, 5) is 11.7. The van der Waals surface area contributed by atoms with Crippen molar-refractivity contribution in [3.8, 4) is 11.1 Å². The molecule has 5 heteroatoms. The van der Waals surface area contributed by atoms with Crippen LogP contribution in [0.25, 0.3) is 11.1 Å². The highest BCUT2D eigenvalue weighted by Gasteiger charge is 2.18. The number of nitrogens with two attached hydrogens (primary N) is 1. The average molecular weight is 245 g/mol. The monoisotopic (exact) mass is 245 g/mol. The van der Waals surface area contributed by atoms with E-state index in [0.29, 0.717) is 12.2 Å². The first kappa shape index (κ1) is 12.3. The standard InChI is InChI=1S/C13H15N3O2/c1-16-12(13(17)18-2)11(8-15-16)10-5-3-9(7-14)4-6-10/h3-6,8H,7,14H2,1-2H3. The highest BCUT2D eigenvalue weighted by molar-refractivity contribution is 5.95. The Morgan fingerprint density at radius 3 is 2.61 bits per heavy atom. The Bertz CT molecular complexity index is 558. The summed E-state index contributed by atoms with van der Waals surface area (Å²) < 4.78 is 6.27. The lowest BCUT2D eigenvalue weighted by atomic mass is 10.0. The minimum Gasteiger partial charge on any atom is -0.464 e. The van der Waals surface area contributed by atoms with Gasteiger partial charge in [0.05, 0.1) is 13.3 Å². The van der Waals surface area contributed by atoms with Crippen molar-refractivity contribution in [1.29, 1.82) is 0 Å². The average Bonchev–Trinajstić information content (AvgIpc) is 2.80. The van der Waals surface area contributed by atoms with Crippen molar-refractivity contribution in [2.24, 2.45) is 12.8 Å². The molecule has 0 saturated heterocycles. The SMILES string of the molecule is COC(=O)c1c(-c2ccc(CN)cc2)cnn1C. The number of benzene rings is 1. The molecule has 0 spiro atoms. The third kappa shape index (κ3) is 2.12. The van der Waals surface area contributed by atoms with Gasteiger partial charge in [0.25, 0.3) is 0 Å². The van der Waals surface area contributed by atoms with Gasteiger partial charge in [-0.1, -0.05) is 24.3 Å². The van der Waals surface area contributed by atoms with Crippen LogP contribution in [0.15, 0.2) is 30.5 Å². The van der Waals surface area contributed by atoms with Gasteiger partial charge in [0, 0.05) is 19.2 Å². The van der Waals surface area contributed by atoms with E-state index >= 15 is 0 Å². The fourth-order valence-electron chi connectivity index (χ4n) is 1.81. The maximum absolute atomic E-state index is 11.7. The van der Waals surface area contributed by atoms with Crippen molar-refractivity contribution in [3.05, 3.63) is 41.7 Å². The summed E-state index contributed by atoms with van der Waals surface area (Å²) in [7, 11) is 3.07. The molecule has 1 aromatic carbocycles. The quantitative estimate of drug-likeness (QED) is 0.828. The molecule has 0 aliphatic carbocycles. The van der Waals surface area contributed by atoms with Crippen molar-refractivity contribution in [3.63, 3.8) is 0 Å². The van der Waals surface area contributed by atoms with Gasteiger partial charge in [-0.25, -0.2) is 4.79 Å². The van der Waals surface area contributed by atoms with Crippen LogP contribution in [-0.4, -0.2) is 22.9 Å². The second-order valence-electron chi connectivity index (χ2n) is 3.92. The van der Waals surface area contributed by atoms with E-state index in [9.17, 15) is 4.79 Å². The molecule has 0 bridgehead atoms. The number of esters is 1. The molecule has 2 rings (SSSR count). The number of nitrogens with zero attached hydrogens (tertiary/aromatic N) is 2. The summed E-state index contributed by atoms with van der Waals surface area (Å²) in [6.07, 6.45) is 1.66. The topological polar surface area (TPSA) is 70.1 Å². The first-order valence-corrected chi connectivity index (χ1v) is 5.57. The van der Waals surface area contributed by atoms with Gasteiger partial charge >= 0.3 is 5.97 Å². The summed E-state index contributed by atoms with van der Waals surface area (Å²) in [6, 6.07) is 7.71. The van der Waals surface area contributed by atoms with Crippen LogP contribution in [0.4, 0.5) is 0 Å². The molecule has 2 aromatic rings. The molecule has 18 heavy (non-hydrogen) atoms. The summed E-state index contributed by atoms with van der Waals surface area (Å²) in [5, 5.41) is 4.10. The molecule has 0 aliphatic heterocycles. The van der Waals surface area contributed by atoms with Crippen molar-refractivity contribution < 1.29 is 9.53 Å². The van der Waals surface area contributed by atoms with Gasteiger partial charge in [0.2, 0.25) is 0 Å². The molecule has 1 aromatic heterocycles. The van der Waals surface area contributed by atoms with Gasteiger partial charge in [-0.05, 0) is 11.1 Å². The van der Waals surface area contributed by atoms with E-state index in [-0.39, 0.29) is 0 Å². The zero-order valence-corrected chi connectivity index (χ0v) is 10.4. The van der Waals surface area contributed by atoms with E-state index in [1.165, 1.54) is 11.8 Å². The van der Waals surface area contributed by atoms with Crippen LogP contribution >= 0.6 is 0 Å². The first-order chi connectivity index (χ1) is 8.67. The smallest absolute Gasteiger partial charge is 0.356 e. The molecule has 2 N–H and O–H groups in total. The molecule has 0 atom stereocenters. The highest BCUT2D eigenvalue weighted by Crippen LogP contribution is 2.24. The van der Waals surface area contributed by atoms with E-state index in [4.69, 9.17) is 10.5 Å². The minimum atomic E-state index is -0.395. The van der Waals surface area contributed by atoms with Gasteiger partial charge in [-0.3, -0.25) is 4.68 Å². The molecule has 0 aliphatic rings. The molecule has 1 heterocycles. The highest BCUT2D eigenvalue weighted by atomic mass is 16.5. The van der Waals surface area contributed by atoms with Gasteiger partial charge in [0.15, 0.2) is 5.69 Å². The Morgan fingerprint density at radius 1 is 1.39 bits per heavy atom. The number of carbonyl (C=O) groups is 1. The molecular weight excluding hydrogens is 230 g/mol. The predicted molar refractivity (Wildman–Crippen MR) is 67.9 cm³/mol. The van der Waals surface area contributed by atoms with Gasteiger partial charge in [-0.2, -0.15) is 5.10 Å². The Morgan fingerprint density at radius 2 is 2.06 bits per heavy atom.